The standard InChI is InChI=1S/C23H28N2O4/c1-4-27-22-15-18(16-25-23(26)11-12-24)5-10-21(22)29-14-13-28-20-8-6-19(7-9-20)17(2)3/h5-10,15,17H,4,11,13-14,16H2,1-3H3,(H,25,26). The van der Waals surface area contributed by atoms with E-state index in [2.05, 4.69) is 31.3 Å². The van der Waals surface area contributed by atoms with E-state index in [1.807, 2.05) is 43.3 Å². The Bertz CT molecular complexity index is 826. The molecule has 1 amide bonds. The maximum atomic E-state index is 11.4. The minimum absolute atomic E-state index is 0.153. The first kappa shape index (κ1) is 22.1. The molecule has 0 radical (unpaired) electrons. The first-order valence-electron chi connectivity index (χ1n) is 9.78. The van der Waals surface area contributed by atoms with Crippen LogP contribution in [-0.2, 0) is 11.3 Å². The van der Waals surface area contributed by atoms with Gasteiger partial charge in [-0.3, -0.25) is 4.79 Å². The van der Waals surface area contributed by atoms with Crippen molar-refractivity contribution in [2.45, 2.75) is 39.7 Å². The lowest BCUT2D eigenvalue weighted by molar-refractivity contribution is -0.120. The van der Waals surface area contributed by atoms with Gasteiger partial charge in [0.1, 0.15) is 25.4 Å². The zero-order valence-corrected chi connectivity index (χ0v) is 17.2. The van der Waals surface area contributed by atoms with Crippen molar-refractivity contribution in [2.24, 2.45) is 0 Å². The Balaban J connectivity index is 1.87. The van der Waals surface area contributed by atoms with Crippen LogP contribution in [0.1, 0.15) is 44.2 Å². The summed E-state index contributed by atoms with van der Waals surface area (Å²) in [4.78, 5) is 11.4. The van der Waals surface area contributed by atoms with E-state index in [0.29, 0.717) is 43.8 Å². The van der Waals surface area contributed by atoms with Crippen molar-refractivity contribution in [3.63, 3.8) is 0 Å². The number of hydrogen-bond donors (Lipinski definition) is 1. The van der Waals surface area contributed by atoms with Gasteiger partial charge in [-0.1, -0.05) is 32.0 Å². The molecule has 0 unspecified atom stereocenters. The van der Waals surface area contributed by atoms with Crippen LogP contribution < -0.4 is 19.5 Å². The predicted octanol–water partition coefficient (Wildman–Crippen LogP) is 4.20. The van der Waals surface area contributed by atoms with E-state index >= 15 is 0 Å². The van der Waals surface area contributed by atoms with Crippen LogP contribution in [0.25, 0.3) is 0 Å². The summed E-state index contributed by atoms with van der Waals surface area (Å²) in [7, 11) is 0. The quantitative estimate of drug-likeness (QED) is 0.576. The molecule has 0 fully saturated rings. The number of ether oxygens (including phenoxy) is 3. The largest absolute Gasteiger partial charge is 0.490 e. The molecule has 2 aromatic carbocycles. The number of carbonyl (C=O) groups excluding carboxylic acids is 1. The number of hydrogen-bond acceptors (Lipinski definition) is 5. The van der Waals surface area contributed by atoms with Gasteiger partial charge in [0.05, 0.1) is 12.7 Å². The smallest absolute Gasteiger partial charge is 0.234 e. The molecule has 0 spiro atoms. The van der Waals surface area contributed by atoms with Crippen LogP contribution in [0.15, 0.2) is 42.5 Å². The van der Waals surface area contributed by atoms with Gasteiger partial charge in [0.15, 0.2) is 11.5 Å². The molecule has 154 valence electrons. The van der Waals surface area contributed by atoms with E-state index in [1.165, 1.54) is 5.56 Å². The van der Waals surface area contributed by atoms with Gasteiger partial charge in [-0.2, -0.15) is 5.26 Å². The van der Waals surface area contributed by atoms with E-state index in [9.17, 15) is 4.79 Å². The van der Waals surface area contributed by atoms with Crippen molar-refractivity contribution in [1.82, 2.24) is 5.32 Å². The van der Waals surface area contributed by atoms with Gasteiger partial charge in [-0.05, 0) is 48.2 Å². The molecule has 0 aromatic heterocycles. The van der Waals surface area contributed by atoms with Gasteiger partial charge >= 0.3 is 0 Å². The molecule has 0 aliphatic heterocycles. The average Bonchev–Trinajstić information content (AvgIpc) is 2.71. The van der Waals surface area contributed by atoms with Crippen molar-refractivity contribution in [2.75, 3.05) is 19.8 Å². The van der Waals surface area contributed by atoms with Gasteiger partial charge < -0.3 is 19.5 Å². The third-order valence-electron chi connectivity index (χ3n) is 4.19. The van der Waals surface area contributed by atoms with Gasteiger partial charge in [0.2, 0.25) is 5.91 Å². The molecule has 2 aromatic rings. The lowest BCUT2D eigenvalue weighted by Gasteiger charge is -2.14. The van der Waals surface area contributed by atoms with E-state index in [-0.39, 0.29) is 12.3 Å². The molecule has 6 nitrogen and oxygen atoms in total. The van der Waals surface area contributed by atoms with Crippen molar-refractivity contribution < 1.29 is 19.0 Å². The maximum Gasteiger partial charge on any atom is 0.234 e. The van der Waals surface area contributed by atoms with Crippen LogP contribution in [0.3, 0.4) is 0 Å². The highest BCUT2D eigenvalue weighted by molar-refractivity contribution is 5.77. The maximum absolute atomic E-state index is 11.4. The number of carbonyl (C=O) groups is 1. The molecular formula is C23H28N2O4. The number of nitrogens with zero attached hydrogens (tertiary/aromatic N) is 1. The molecular weight excluding hydrogens is 368 g/mol. The van der Waals surface area contributed by atoms with Gasteiger partial charge in [-0.25, -0.2) is 0 Å². The highest BCUT2D eigenvalue weighted by Crippen LogP contribution is 2.28. The first-order valence-corrected chi connectivity index (χ1v) is 9.78. The second-order valence-electron chi connectivity index (χ2n) is 6.75. The Hall–Kier alpha value is -3.20. The van der Waals surface area contributed by atoms with Crippen molar-refractivity contribution in [3.05, 3.63) is 53.6 Å². The van der Waals surface area contributed by atoms with Crippen LogP contribution in [0, 0.1) is 11.3 Å². The number of benzene rings is 2. The monoisotopic (exact) mass is 396 g/mol. The van der Waals surface area contributed by atoms with E-state index in [1.54, 1.807) is 0 Å². The van der Waals surface area contributed by atoms with Crippen molar-refractivity contribution >= 4 is 5.91 Å². The molecule has 0 atom stereocenters. The summed E-state index contributed by atoms with van der Waals surface area (Å²) in [5, 5.41) is 11.2. The molecule has 0 heterocycles. The molecule has 29 heavy (non-hydrogen) atoms. The van der Waals surface area contributed by atoms with E-state index < -0.39 is 0 Å². The number of nitrogens with one attached hydrogen (secondary N) is 1. The first-order chi connectivity index (χ1) is 14.0. The lowest BCUT2D eigenvalue weighted by atomic mass is 10.0. The molecule has 0 saturated heterocycles. The topological polar surface area (TPSA) is 80.6 Å². The highest BCUT2D eigenvalue weighted by Gasteiger charge is 2.08. The van der Waals surface area contributed by atoms with Crippen molar-refractivity contribution in [3.8, 4) is 23.3 Å². The zero-order chi connectivity index (χ0) is 21.1. The zero-order valence-electron chi connectivity index (χ0n) is 17.2. The summed E-state index contributed by atoms with van der Waals surface area (Å²) in [6.45, 7) is 7.84. The van der Waals surface area contributed by atoms with E-state index in [0.717, 1.165) is 11.3 Å². The second kappa shape index (κ2) is 11.6. The summed E-state index contributed by atoms with van der Waals surface area (Å²) in [6, 6.07) is 15.4. The number of amides is 1. The molecule has 0 bridgehead atoms. The van der Waals surface area contributed by atoms with Crippen LogP contribution in [-0.4, -0.2) is 25.7 Å². The van der Waals surface area contributed by atoms with Crippen LogP contribution in [0.5, 0.6) is 17.2 Å². The number of nitriles is 1. The Labute approximate surface area is 172 Å². The fraction of sp³-hybridized carbons (Fsp3) is 0.391. The second-order valence-corrected chi connectivity index (χ2v) is 6.75. The Morgan fingerprint density at radius 2 is 1.76 bits per heavy atom. The summed E-state index contributed by atoms with van der Waals surface area (Å²) in [5.74, 6) is 2.24. The molecule has 0 saturated carbocycles. The van der Waals surface area contributed by atoms with Crippen LogP contribution in [0.4, 0.5) is 0 Å². The van der Waals surface area contributed by atoms with Gasteiger partial charge in [-0.15, -0.1) is 0 Å². The molecule has 2 rings (SSSR count). The van der Waals surface area contributed by atoms with Crippen molar-refractivity contribution in [1.29, 1.82) is 5.26 Å². The third-order valence-corrected chi connectivity index (χ3v) is 4.19. The SMILES string of the molecule is CCOc1cc(CNC(=O)CC#N)ccc1OCCOc1ccc(C(C)C)cc1. The minimum Gasteiger partial charge on any atom is -0.490 e. The lowest BCUT2D eigenvalue weighted by Crippen LogP contribution is -2.21. The van der Waals surface area contributed by atoms with E-state index in [4.69, 9.17) is 19.5 Å². The van der Waals surface area contributed by atoms with Crippen LogP contribution in [0.2, 0.25) is 0 Å². The van der Waals surface area contributed by atoms with Gasteiger partial charge in [0, 0.05) is 6.54 Å². The Morgan fingerprint density at radius 3 is 2.41 bits per heavy atom. The average molecular weight is 396 g/mol. The van der Waals surface area contributed by atoms with Crippen LogP contribution >= 0.6 is 0 Å². The van der Waals surface area contributed by atoms with Gasteiger partial charge in [0.25, 0.3) is 0 Å². The third kappa shape index (κ3) is 7.38. The Kier molecular flexibility index (Phi) is 8.84. The molecule has 0 aliphatic rings. The summed E-state index contributed by atoms with van der Waals surface area (Å²) >= 11 is 0. The molecule has 6 heteroatoms. The normalized spacial score (nSPS) is 10.3. The Morgan fingerprint density at radius 1 is 1.03 bits per heavy atom. The predicted molar refractivity (Wildman–Crippen MR) is 111 cm³/mol. The molecule has 0 aliphatic carbocycles. The molecule has 1 N–H and O–H groups in total. The summed E-state index contributed by atoms with van der Waals surface area (Å²) < 4.78 is 17.2. The fourth-order valence-corrected chi connectivity index (χ4v) is 2.65. The summed E-state index contributed by atoms with van der Waals surface area (Å²) in [6.07, 6.45) is -0.153. The highest BCUT2D eigenvalue weighted by atomic mass is 16.5. The number of rotatable bonds is 11. The fourth-order valence-electron chi connectivity index (χ4n) is 2.65. The summed E-state index contributed by atoms with van der Waals surface area (Å²) in [5.41, 5.74) is 2.15. The minimum atomic E-state index is -0.302.